The Morgan fingerprint density at radius 1 is 1.75 bits per heavy atom. The van der Waals surface area contributed by atoms with Crippen molar-refractivity contribution in [2.75, 3.05) is 0 Å². The number of nitrogens with zero attached hydrogens (tertiary/aromatic N) is 2. The van der Waals surface area contributed by atoms with E-state index < -0.39 is 5.97 Å². The molecule has 5 heteroatoms. The Morgan fingerprint density at radius 2 is 2.42 bits per heavy atom. The monoisotopic (exact) mass is 180 g/mol. The molecule has 0 unspecified atom stereocenters. The Morgan fingerprint density at radius 3 is 2.92 bits per heavy atom. The highest BCUT2D eigenvalue weighted by atomic mass is 32.1. The summed E-state index contributed by atoms with van der Waals surface area (Å²) in [6, 6.07) is 3.04. The fourth-order valence-corrected chi connectivity index (χ4v) is 0.986. The molecule has 0 saturated heterocycles. The summed E-state index contributed by atoms with van der Waals surface area (Å²) in [4.78, 5) is 14.2. The zero-order valence-electron chi connectivity index (χ0n) is 5.85. The molecule has 0 aliphatic heterocycles. The minimum Gasteiger partial charge on any atom is -0.478 e. The number of hydrogen-bond acceptors (Lipinski definition) is 4. The topological polar surface area (TPSA) is 74.0 Å². The SMILES string of the molecule is N#Cc1nccc(C(=O)O)c1S. The van der Waals surface area contributed by atoms with Crippen LogP contribution < -0.4 is 0 Å². The first kappa shape index (κ1) is 8.56. The van der Waals surface area contributed by atoms with Gasteiger partial charge in [-0.3, -0.25) is 0 Å². The molecule has 0 radical (unpaired) electrons. The fraction of sp³-hybridized carbons (Fsp3) is 0. The van der Waals surface area contributed by atoms with E-state index in [1.54, 1.807) is 6.07 Å². The standard InChI is InChI=1S/C7H4N2O2S/c8-3-5-6(12)4(7(10)11)1-2-9-5/h1-2,12H,(H,10,11). The van der Waals surface area contributed by atoms with Crippen molar-refractivity contribution in [3.8, 4) is 6.07 Å². The second-order valence-corrected chi connectivity index (χ2v) is 2.42. The van der Waals surface area contributed by atoms with E-state index in [1.807, 2.05) is 0 Å². The van der Waals surface area contributed by atoms with Gasteiger partial charge in [-0.15, -0.1) is 12.6 Å². The Bertz CT molecular complexity index is 370. The van der Waals surface area contributed by atoms with E-state index >= 15 is 0 Å². The number of aromatic carboxylic acids is 1. The maximum Gasteiger partial charge on any atom is 0.336 e. The van der Waals surface area contributed by atoms with E-state index in [0.717, 1.165) is 0 Å². The summed E-state index contributed by atoms with van der Waals surface area (Å²) in [6.45, 7) is 0. The van der Waals surface area contributed by atoms with Gasteiger partial charge in [-0.05, 0) is 6.07 Å². The molecule has 0 aliphatic rings. The predicted molar refractivity (Wildman–Crippen MR) is 43.2 cm³/mol. The molecule has 12 heavy (non-hydrogen) atoms. The van der Waals surface area contributed by atoms with Crippen molar-refractivity contribution in [3.05, 3.63) is 23.5 Å². The molecule has 0 spiro atoms. The summed E-state index contributed by atoms with van der Waals surface area (Å²) in [6.07, 6.45) is 1.27. The third-order valence-electron chi connectivity index (χ3n) is 1.26. The maximum absolute atomic E-state index is 10.5. The number of rotatable bonds is 1. The van der Waals surface area contributed by atoms with Crippen molar-refractivity contribution >= 4 is 18.6 Å². The molecule has 60 valence electrons. The minimum absolute atomic E-state index is 0.00937. The van der Waals surface area contributed by atoms with Crippen molar-refractivity contribution < 1.29 is 9.90 Å². The molecule has 0 bridgehead atoms. The second kappa shape index (κ2) is 3.24. The van der Waals surface area contributed by atoms with E-state index in [0.29, 0.717) is 0 Å². The predicted octanol–water partition coefficient (Wildman–Crippen LogP) is 0.940. The van der Waals surface area contributed by atoms with Crippen LogP contribution >= 0.6 is 12.6 Å². The summed E-state index contributed by atoms with van der Waals surface area (Å²) in [5.74, 6) is -1.11. The van der Waals surface area contributed by atoms with Crippen molar-refractivity contribution in [2.45, 2.75) is 4.90 Å². The van der Waals surface area contributed by atoms with Gasteiger partial charge in [-0.2, -0.15) is 5.26 Å². The Hall–Kier alpha value is -1.54. The van der Waals surface area contributed by atoms with Crippen LogP contribution in [0.25, 0.3) is 0 Å². The number of nitriles is 1. The third kappa shape index (κ3) is 1.38. The van der Waals surface area contributed by atoms with Crippen LogP contribution in [0.5, 0.6) is 0 Å². The molecule has 0 aromatic carbocycles. The smallest absolute Gasteiger partial charge is 0.336 e. The summed E-state index contributed by atoms with van der Waals surface area (Å²) < 4.78 is 0. The number of thiol groups is 1. The van der Waals surface area contributed by atoms with E-state index in [9.17, 15) is 4.79 Å². The van der Waals surface area contributed by atoms with Crippen molar-refractivity contribution in [2.24, 2.45) is 0 Å². The van der Waals surface area contributed by atoms with Crippen LogP contribution in [0.1, 0.15) is 16.1 Å². The van der Waals surface area contributed by atoms with Gasteiger partial charge in [0.05, 0.1) is 10.5 Å². The number of carbonyl (C=O) groups is 1. The van der Waals surface area contributed by atoms with Crippen LogP contribution in [0, 0.1) is 11.3 Å². The zero-order valence-corrected chi connectivity index (χ0v) is 6.75. The van der Waals surface area contributed by atoms with Gasteiger partial charge in [0.15, 0.2) is 5.69 Å². The van der Waals surface area contributed by atoms with Crippen molar-refractivity contribution in [1.29, 1.82) is 5.26 Å². The average molecular weight is 180 g/mol. The number of carboxylic acid groups (broad SMARTS) is 1. The summed E-state index contributed by atoms with van der Waals surface area (Å²) in [5.41, 5.74) is 0.0168. The highest BCUT2D eigenvalue weighted by molar-refractivity contribution is 7.80. The van der Waals surface area contributed by atoms with Crippen molar-refractivity contribution in [3.63, 3.8) is 0 Å². The normalized spacial score (nSPS) is 9.00. The van der Waals surface area contributed by atoms with Gasteiger partial charge in [0.2, 0.25) is 0 Å². The number of carboxylic acids is 1. The number of pyridine rings is 1. The first-order valence-corrected chi connectivity index (χ1v) is 3.43. The zero-order chi connectivity index (χ0) is 9.14. The van der Waals surface area contributed by atoms with Gasteiger partial charge in [0.1, 0.15) is 6.07 Å². The Kier molecular flexibility index (Phi) is 2.31. The molecular formula is C7H4N2O2S. The molecular weight excluding hydrogens is 176 g/mol. The largest absolute Gasteiger partial charge is 0.478 e. The Balaban J connectivity index is 3.35. The highest BCUT2D eigenvalue weighted by Crippen LogP contribution is 2.15. The van der Waals surface area contributed by atoms with Gasteiger partial charge in [-0.25, -0.2) is 9.78 Å². The lowest BCUT2D eigenvalue weighted by atomic mass is 10.2. The van der Waals surface area contributed by atoms with Gasteiger partial charge < -0.3 is 5.11 Å². The van der Waals surface area contributed by atoms with Gasteiger partial charge in [0.25, 0.3) is 0 Å². The van der Waals surface area contributed by atoms with Crippen molar-refractivity contribution in [1.82, 2.24) is 4.98 Å². The van der Waals surface area contributed by atoms with Crippen LogP contribution in [-0.4, -0.2) is 16.1 Å². The summed E-state index contributed by atoms with van der Waals surface area (Å²) in [5, 5.41) is 17.1. The molecule has 1 heterocycles. The van der Waals surface area contributed by atoms with Crippen LogP contribution in [0.15, 0.2) is 17.2 Å². The molecule has 0 saturated carbocycles. The van der Waals surface area contributed by atoms with Crippen LogP contribution in [0.3, 0.4) is 0 Å². The lowest BCUT2D eigenvalue weighted by Crippen LogP contribution is -2.00. The number of hydrogen-bond donors (Lipinski definition) is 2. The van der Waals surface area contributed by atoms with Gasteiger partial charge in [0, 0.05) is 6.20 Å². The van der Waals surface area contributed by atoms with Crippen LogP contribution in [0.4, 0.5) is 0 Å². The minimum atomic E-state index is -1.11. The first-order chi connectivity index (χ1) is 5.66. The Labute approximate surface area is 73.9 Å². The maximum atomic E-state index is 10.5. The van der Waals surface area contributed by atoms with Gasteiger partial charge >= 0.3 is 5.97 Å². The lowest BCUT2D eigenvalue weighted by molar-refractivity contribution is 0.0693. The molecule has 0 amide bonds. The molecule has 1 aromatic rings. The van der Waals surface area contributed by atoms with E-state index in [-0.39, 0.29) is 16.2 Å². The molecule has 1 rings (SSSR count). The highest BCUT2D eigenvalue weighted by Gasteiger charge is 2.10. The average Bonchev–Trinajstić information content (AvgIpc) is 2.04. The molecule has 0 atom stereocenters. The number of aromatic nitrogens is 1. The van der Waals surface area contributed by atoms with Crippen LogP contribution in [-0.2, 0) is 0 Å². The van der Waals surface area contributed by atoms with Crippen LogP contribution in [0.2, 0.25) is 0 Å². The molecule has 0 aliphatic carbocycles. The molecule has 0 fully saturated rings. The quantitative estimate of drug-likeness (QED) is 0.631. The van der Waals surface area contributed by atoms with E-state index in [2.05, 4.69) is 17.6 Å². The fourth-order valence-electron chi connectivity index (χ4n) is 0.708. The van der Waals surface area contributed by atoms with Gasteiger partial charge in [-0.1, -0.05) is 0 Å². The molecule has 4 nitrogen and oxygen atoms in total. The molecule has 1 aromatic heterocycles. The van der Waals surface area contributed by atoms with E-state index in [4.69, 9.17) is 10.4 Å². The summed E-state index contributed by atoms with van der Waals surface area (Å²) in [7, 11) is 0. The summed E-state index contributed by atoms with van der Waals surface area (Å²) >= 11 is 3.86. The third-order valence-corrected chi connectivity index (χ3v) is 1.71. The first-order valence-electron chi connectivity index (χ1n) is 2.98. The van der Waals surface area contributed by atoms with E-state index in [1.165, 1.54) is 12.3 Å². The lowest BCUT2D eigenvalue weighted by Gasteiger charge is -1.98. The second-order valence-electron chi connectivity index (χ2n) is 1.97. The molecule has 1 N–H and O–H groups in total.